The van der Waals surface area contributed by atoms with Crippen molar-refractivity contribution in [3.63, 3.8) is 0 Å². The Hall–Kier alpha value is -0.300. The second-order valence-corrected chi connectivity index (χ2v) is 2.53. The number of allylic oxidation sites excluding steroid dienone is 1. The van der Waals surface area contributed by atoms with Crippen molar-refractivity contribution >= 4 is 0 Å². The van der Waals surface area contributed by atoms with Gasteiger partial charge in [0.15, 0.2) is 0 Å². The Bertz CT molecular complexity index is 69.0. The van der Waals surface area contributed by atoms with Crippen molar-refractivity contribution in [2.45, 2.75) is 19.8 Å². The van der Waals surface area contributed by atoms with Gasteiger partial charge in [-0.1, -0.05) is 13.0 Å². The first kappa shape index (κ1) is 8.70. The van der Waals surface area contributed by atoms with Crippen LogP contribution in [0.2, 0.25) is 0 Å². The van der Waals surface area contributed by atoms with Crippen molar-refractivity contribution in [3.05, 3.63) is 12.7 Å². The summed E-state index contributed by atoms with van der Waals surface area (Å²) in [6, 6.07) is 0. The Labute approximate surface area is 58.2 Å². The zero-order chi connectivity index (χ0) is 7.11. The largest absolute Gasteiger partial charge is 0.319 e. The third-order valence-corrected chi connectivity index (χ3v) is 1.42. The molecule has 1 N–H and O–H groups in total. The lowest BCUT2D eigenvalue weighted by Crippen LogP contribution is -2.15. The van der Waals surface area contributed by atoms with Crippen LogP contribution < -0.4 is 5.32 Å². The number of hydrogen-bond acceptors (Lipinski definition) is 1. The van der Waals surface area contributed by atoms with Gasteiger partial charge in [0.05, 0.1) is 0 Å². The van der Waals surface area contributed by atoms with Crippen LogP contribution in [0.4, 0.5) is 0 Å². The molecule has 0 saturated carbocycles. The van der Waals surface area contributed by atoms with Gasteiger partial charge in [-0.3, -0.25) is 0 Å². The topological polar surface area (TPSA) is 12.0 Å². The molecular weight excluding hydrogens is 110 g/mol. The first-order valence-electron chi connectivity index (χ1n) is 3.56. The normalized spacial score (nSPS) is 13.1. The minimum absolute atomic E-state index is 0.785. The summed E-state index contributed by atoms with van der Waals surface area (Å²) >= 11 is 0. The molecule has 0 spiro atoms. The fraction of sp³-hybridized carbons (Fsp3) is 0.750. The van der Waals surface area contributed by atoms with E-state index in [0.717, 1.165) is 18.9 Å². The minimum Gasteiger partial charge on any atom is -0.319 e. The van der Waals surface area contributed by atoms with E-state index in [1.54, 1.807) is 0 Å². The molecule has 1 nitrogen and oxygen atoms in total. The summed E-state index contributed by atoms with van der Waals surface area (Å²) in [6.45, 7) is 7.04. The van der Waals surface area contributed by atoms with Gasteiger partial charge in [-0.25, -0.2) is 0 Å². The van der Waals surface area contributed by atoms with E-state index in [2.05, 4.69) is 18.8 Å². The first-order chi connectivity index (χ1) is 4.31. The van der Waals surface area contributed by atoms with E-state index < -0.39 is 0 Å². The molecule has 0 aliphatic rings. The molecule has 0 aromatic heterocycles. The van der Waals surface area contributed by atoms with Crippen LogP contribution in [0.3, 0.4) is 0 Å². The molecule has 1 heteroatoms. The zero-order valence-electron chi connectivity index (χ0n) is 6.48. The molecule has 54 valence electrons. The molecule has 0 rings (SSSR count). The minimum atomic E-state index is 0.785. The van der Waals surface area contributed by atoms with Gasteiger partial charge in [-0.15, -0.1) is 6.58 Å². The summed E-state index contributed by atoms with van der Waals surface area (Å²) in [5.41, 5.74) is 0. The van der Waals surface area contributed by atoms with Crippen LogP contribution in [0.25, 0.3) is 0 Å². The highest BCUT2D eigenvalue weighted by molar-refractivity contribution is 4.68. The number of hydrogen-bond donors (Lipinski definition) is 1. The van der Waals surface area contributed by atoms with Crippen molar-refractivity contribution in [3.8, 4) is 0 Å². The maximum Gasteiger partial charge on any atom is -0.00260 e. The van der Waals surface area contributed by atoms with Gasteiger partial charge < -0.3 is 5.32 Å². The molecule has 0 aromatic carbocycles. The van der Waals surface area contributed by atoms with Gasteiger partial charge >= 0.3 is 0 Å². The van der Waals surface area contributed by atoms with Gasteiger partial charge in [-0.2, -0.15) is 0 Å². The monoisotopic (exact) mass is 127 g/mol. The van der Waals surface area contributed by atoms with Crippen LogP contribution in [0, 0.1) is 5.92 Å². The lowest BCUT2D eigenvalue weighted by atomic mass is 10.1. The predicted molar refractivity (Wildman–Crippen MR) is 42.5 cm³/mol. The SMILES string of the molecule is C=CCCC(C)CNC. The maximum atomic E-state index is 3.67. The summed E-state index contributed by atoms with van der Waals surface area (Å²) in [4.78, 5) is 0. The number of nitrogens with one attached hydrogen (secondary N) is 1. The van der Waals surface area contributed by atoms with Gasteiger partial charge in [0, 0.05) is 0 Å². The van der Waals surface area contributed by atoms with E-state index >= 15 is 0 Å². The summed E-state index contributed by atoms with van der Waals surface area (Å²) in [7, 11) is 1.99. The van der Waals surface area contributed by atoms with E-state index in [1.165, 1.54) is 6.42 Å². The number of rotatable bonds is 5. The fourth-order valence-corrected chi connectivity index (χ4v) is 0.853. The molecule has 9 heavy (non-hydrogen) atoms. The highest BCUT2D eigenvalue weighted by Crippen LogP contribution is 2.02. The maximum absolute atomic E-state index is 3.67. The summed E-state index contributed by atoms with van der Waals surface area (Å²) in [5.74, 6) is 0.785. The van der Waals surface area contributed by atoms with Crippen LogP contribution in [-0.2, 0) is 0 Å². The molecule has 0 aliphatic carbocycles. The van der Waals surface area contributed by atoms with Crippen molar-refractivity contribution < 1.29 is 0 Å². The average Bonchev–Trinajstić information content (AvgIpc) is 1.85. The molecule has 0 radical (unpaired) electrons. The Morgan fingerprint density at radius 1 is 1.67 bits per heavy atom. The Morgan fingerprint density at radius 3 is 2.78 bits per heavy atom. The second-order valence-electron chi connectivity index (χ2n) is 2.53. The average molecular weight is 127 g/mol. The van der Waals surface area contributed by atoms with Crippen molar-refractivity contribution in [1.29, 1.82) is 0 Å². The standard InChI is InChI=1S/C8H17N/c1-4-5-6-8(2)7-9-3/h4,8-9H,1,5-7H2,2-3H3. The molecule has 0 aromatic rings. The molecule has 0 fully saturated rings. The quantitative estimate of drug-likeness (QED) is 0.555. The molecule has 1 unspecified atom stereocenters. The van der Waals surface area contributed by atoms with Gasteiger partial charge in [0.25, 0.3) is 0 Å². The highest BCUT2D eigenvalue weighted by Gasteiger charge is 1.96. The van der Waals surface area contributed by atoms with Crippen molar-refractivity contribution in [1.82, 2.24) is 5.32 Å². The molecule has 0 heterocycles. The Morgan fingerprint density at radius 2 is 2.33 bits per heavy atom. The summed E-state index contributed by atoms with van der Waals surface area (Å²) in [5, 5.41) is 3.14. The first-order valence-corrected chi connectivity index (χ1v) is 3.56. The van der Waals surface area contributed by atoms with Gasteiger partial charge in [0.2, 0.25) is 0 Å². The van der Waals surface area contributed by atoms with Crippen molar-refractivity contribution in [2.24, 2.45) is 5.92 Å². The molecule has 1 atom stereocenters. The van der Waals surface area contributed by atoms with Crippen LogP contribution >= 0.6 is 0 Å². The van der Waals surface area contributed by atoms with Crippen LogP contribution in [0.15, 0.2) is 12.7 Å². The summed E-state index contributed by atoms with van der Waals surface area (Å²) < 4.78 is 0. The van der Waals surface area contributed by atoms with Gasteiger partial charge in [0.1, 0.15) is 0 Å². The fourth-order valence-electron chi connectivity index (χ4n) is 0.853. The van der Waals surface area contributed by atoms with Gasteiger partial charge in [-0.05, 0) is 32.4 Å². The highest BCUT2D eigenvalue weighted by atomic mass is 14.8. The zero-order valence-corrected chi connectivity index (χ0v) is 6.48. The van der Waals surface area contributed by atoms with Crippen LogP contribution in [0.1, 0.15) is 19.8 Å². The molecular formula is C8H17N. The third kappa shape index (κ3) is 5.57. The molecule has 0 amide bonds. The van der Waals surface area contributed by atoms with E-state index in [0.29, 0.717) is 0 Å². The predicted octanol–water partition coefficient (Wildman–Crippen LogP) is 1.81. The molecule has 0 bridgehead atoms. The molecule has 0 aliphatic heterocycles. The van der Waals surface area contributed by atoms with E-state index in [1.807, 2.05) is 13.1 Å². The van der Waals surface area contributed by atoms with E-state index in [9.17, 15) is 0 Å². The lowest BCUT2D eigenvalue weighted by Gasteiger charge is -2.07. The van der Waals surface area contributed by atoms with E-state index in [4.69, 9.17) is 0 Å². The van der Waals surface area contributed by atoms with Crippen LogP contribution in [0.5, 0.6) is 0 Å². The smallest absolute Gasteiger partial charge is 0.00260 e. The lowest BCUT2D eigenvalue weighted by molar-refractivity contribution is 0.509. The van der Waals surface area contributed by atoms with Crippen molar-refractivity contribution in [2.75, 3.05) is 13.6 Å². The third-order valence-electron chi connectivity index (χ3n) is 1.42. The molecule has 0 saturated heterocycles. The summed E-state index contributed by atoms with van der Waals surface area (Å²) in [6.07, 6.45) is 4.37. The Balaban J connectivity index is 3.04. The Kier molecular flexibility index (Phi) is 5.64. The van der Waals surface area contributed by atoms with E-state index in [-0.39, 0.29) is 0 Å². The second kappa shape index (κ2) is 5.83. The van der Waals surface area contributed by atoms with Crippen LogP contribution in [-0.4, -0.2) is 13.6 Å².